The van der Waals surface area contributed by atoms with Gasteiger partial charge in [0.1, 0.15) is 5.69 Å². The van der Waals surface area contributed by atoms with E-state index in [1.54, 1.807) is 30.8 Å². The minimum absolute atomic E-state index is 0.245. The van der Waals surface area contributed by atoms with Crippen LogP contribution in [-0.4, -0.2) is 58.5 Å². The number of piperazine rings is 1. The summed E-state index contributed by atoms with van der Waals surface area (Å²) in [5, 5.41) is 6.66. The first-order valence-corrected chi connectivity index (χ1v) is 10.2. The predicted octanol–water partition coefficient (Wildman–Crippen LogP) is 2.16. The Hall–Kier alpha value is -3.59. The molecule has 9 heteroatoms. The quantitative estimate of drug-likeness (QED) is 0.529. The van der Waals surface area contributed by atoms with Crippen molar-refractivity contribution in [3.8, 4) is 11.4 Å². The van der Waals surface area contributed by atoms with E-state index in [1.165, 1.54) is 6.07 Å². The van der Waals surface area contributed by atoms with E-state index >= 15 is 0 Å². The molecule has 1 amide bonds. The number of aromatic nitrogens is 4. The van der Waals surface area contributed by atoms with Crippen LogP contribution < -0.4 is 15.5 Å². The number of carbonyl (C=O) groups is 1. The van der Waals surface area contributed by atoms with E-state index in [-0.39, 0.29) is 23.1 Å². The van der Waals surface area contributed by atoms with E-state index in [0.717, 1.165) is 31.9 Å². The third-order valence-electron chi connectivity index (χ3n) is 5.49. The first-order valence-electron chi connectivity index (χ1n) is 10.2. The summed E-state index contributed by atoms with van der Waals surface area (Å²) in [5.74, 6) is -0.496. The first kappa shape index (κ1) is 19.4. The lowest BCUT2D eigenvalue weighted by Gasteiger charge is -2.29. The molecule has 1 saturated heterocycles. The van der Waals surface area contributed by atoms with E-state index in [0.29, 0.717) is 22.2 Å². The summed E-state index contributed by atoms with van der Waals surface area (Å²) in [6, 6.07) is 7.20. The van der Waals surface area contributed by atoms with Crippen molar-refractivity contribution in [2.45, 2.75) is 6.92 Å². The molecule has 2 N–H and O–H groups in total. The van der Waals surface area contributed by atoms with Gasteiger partial charge in [-0.1, -0.05) is 0 Å². The number of amides is 1. The fraction of sp³-hybridized carbons (Fsp3) is 0.273. The van der Waals surface area contributed by atoms with Gasteiger partial charge in [-0.2, -0.15) is 0 Å². The lowest BCUT2D eigenvalue weighted by Crippen LogP contribution is -2.43. The van der Waals surface area contributed by atoms with Gasteiger partial charge in [0.05, 0.1) is 11.2 Å². The van der Waals surface area contributed by atoms with Gasteiger partial charge in [-0.25, -0.2) is 19.3 Å². The summed E-state index contributed by atoms with van der Waals surface area (Å²) >= 11 is 0. The molecular weight excluding hydrogens is 397 g/mol. The Morgan fingerprint density at radius 1 is 1.13 bits per heavy atom. The number of aryl methyl sites for hydroxylation is 1. The van der Waals surface area contributed by atoms with Gasteiger partial charge in [0, 0.05) is 62.3 Å². The Kier molecular flexibility index (Phi) is 4.74. The second-order valence-electron chi connectivity index (χ2n) is 7.60. The van der Waals surface area contributed by atoms with E-state index in [1.807, 2.05) is 18.2 Å². The van der Waals surface area contributed by atoms with Crippen molar-refractivity contribution in [1.29, 1.82) is 0 Å². The highest BCUT2D eigenvalue weighted by molar-refractivity contribution is 6.05. The zero-order valence-corrected chi connectivity index (χ0v) is 17.3. The van der Waals surface area contributed by atoms with Crippen LogP contribution in [0.15, 0.2) is 36.7 Å². The third kappa shape index (κ3) is 3.46. The van der Waals surface area contributed by atoms with Gasteiger partial charge >= 0.3 is 0 Å². The summed E-state index contributed by atoms with van der Waals surface area (Å²) in [5.41, 5.74) is 3.35. The summed E-state index contributed by atoms with van der Waals surface area (Å²) in [6.45, 7) is 5.42. The SMILES string of the molecule is CNC(=O)c1nc(-c2cc(F)c3nc(C)cn3c2)nc2ccc(N3CCNCC3)cc12. The van der Waals surface area contributed by atoms with E-state index < -0.39 is 5.82 Å². The van der Waals surface area contributed by atoms with Crippen molar-refractivity contribution in [1.82, 2.24) is 30.0 Å². The lowest BCUT2D eigenvalue weighted by atomic mass is 10.1. The number of halogens is 1. The molecule has 1 aliphatic heterocycles. The summed E-state index contributed by atoms with van der Waals surface area (Å²) < 4.78 is 16.2. The van der Waals surface area contributed by atoms with Gasteiger partial charge in [0.2, 0.25) is 0 Å². The van der Waals surface area contributed by atoms with Crippen LogP contribution in [-0.2, 0) is 0 Å². The minimum atomic E-state index is -0.468. The van der Waals surface area contributed by atoms with Gasteiger partial charge in [-0.05, 0) is 31.2 Å². The number of nitrogens with zero attached hydrogens (tertiary/aromatic N) is 5. The van der Waals surface area contributed by atoms with Crippen LogP contribution in [0, 0.1) is 12.7 Å². The number of nitrogens with one attached hydrogen (secondary N) is 2. The average molecular weight is 419 g/mol. The second-order valence-corrected chi connectivity index (χ2v) is 7.60. The molecule has 1 aromatic carbocycles. The molecular formula is C22H22FN7O. The van der Waals surface area contributed by atoms with Crippen molar-refractivity contribution in [3.05, 3.63) is 53.9 Å². The Balaban J connectivity index is 1.67. The number of pyridine rings is 1. The van der Waals surface area contributed by atoms with Crippen molar-refractivity contribution in [2.75, 3.05) is 38.1 Å². The van der Waals surface area contributed by atoms with Gasteiger partial charge in [-0.15, -0.1) is 0 Å². The van der Waals surface area contributed by atoms with Crippen LogP contribution in [0.2, 0.25) is 0 Å². The molecule has 4 aromatic rings. The van der Waals surface area contributed by atoms with Gasteiger partial charge in [0.25, 0.3) is 5.91 Å². The standard InChI is InChI=1S/C22H22FN7O/c1-13-11-30-12-14(9-17(23)21(30)26-13)20-27-18-4-3-15(29-7-5-25-6-8-29)10-16(18)19(28-20)22(31)24-2/h3-4,9-12,25H,5-8H2,1-2H3,(H,24,31). The maximum absolute atomic E-state index is 14.6. The number of anilines is 1. The number of hydrogen-bond donors (Lipinski definition) is 2. The molecule has 4 heterocycles. The minimum Gasteiger partial charge on any atom is -0.369 e. The molecule has 8 nitrogen and oxygen atoms in total. The number of carbonyl (C=O) groups excluding carboxylic acids is 1. The zero-order chi connectivity index (χ0) is 21.5. The molecule has 0 saturated carbocycles. The Morgan fingerprint density at radius 3 is 2.71 bits per heavy atom. The van der Waals surface area contributed by atoms with Crippen LogP contribution in [0.5, 0.6) is 0 Å². The zero-order valence-electron chi connectivity index (χ0n) is 17.3. The second kappa shape index (κ2) is 7.59. The van der Waals surface area contributed by atoms with E-state index in [9.17, 15) is 9.18 Å². The molecule has 1 fully saturated rings. The topological polar surface area (TPSA) is 87.5 Å². The fourth-order valence-electron chi connectivity index (χ4n) is 3.96. The highest BCUT2D eigenvalue weighted by atomic mass is 19.1. The number of hydrogen-bond acceptors (Lipinski definition) is 6. The molecule has 0 unspecified atom stereocenters. The number of fused-ring (bicyclic) bond motifs is 2. The van der Waals surface area contributed by atoms with Crippen molar-refractivity contribution >= 4 is 28.1 Å². The normalized spacial score (nSPS) is 14.4. The molecule has 0 bridgehead atoms. The Morgan fingerprint density at radius 2 is 1.94 bits per heavy atom. The van der Waals surface area contributed by atoms with Crippen LogP contribution in [0.1, 0.15) is 16.2 Å². The predicted molar refractivity (Wildman–Crippen MR) is 117 cm³/mol. The average Bonchev–Trinajstić information content (AvgIpc) is 3.19. The van der Waals surface area contributed by atoms with Gasteiger partial charge in [-0.3, -0.25) is 4.79 Å². The maximum atomic E-state index is 14.6. The van der Waals surface area contributed by atoms with Crippen LogP contribution in [0.3, 0.4) is 0 Å². The van der Waals surface area contributed by atoms with E-state index in [4.69, 9.17) is 0 Å². The monoisotopic (exact) mass is 419 g/mol. The Bertz CT molecular complexity index is 1310. The largest absolute Gasteiger partial charge is 0.369 e. The molecule has 0 atom stereocenters. The molecule has 1 aliphatic rings. The van der Waals surface area contributed by atoms with Crippen molar-refractivity contribution in [2.24, 2.45) is 0 Å². The number of imidazole rings is 1. The first-order chi connectivity index (χ1) is 15.0. The summed E-state index contributed by atoms with van der Waals surface area (Å²) in [4.78, 5) is 28.3. The highest BCUT2D eigenvalue weighted by Crippen LogP contribution is 2.27. The lowest BCUT2D eigenvalue weighted by molar-refractivity contribution is 0.0960. The highest BCUT2D eigenvalue weighted by Gasteiger charge is 2.19. The molecule has 0 spiro atoms. The molecule has 0 radical (unpaired) electrons. The third-order valence-corrected chi connectivity index (χ3v) is 5.49. The van der Waals surface area contributed by atoms with Crippen LogP contribution in [0.4, 0.5) is 10.1 Å². The molecule has 158 valence electrons. The Labute approximate surface area is 178 Å². The maximum Gasteiger partial charge on any atom is 0.270 e. The number of benzene rings is 1. The van der Waals surface area contributed by atoms with Crippen LogP contribution >= 0.6 is 0 Å². The van der Waals surface area contributed by atoms with E-state index in [2.05, 4.69) is 30.5 Å². The molecule has 31 heavy (non-hydrogen) atoms. The molecule has 5 rings (SSSR count). The summed E-state index contributed by atoms with van der Waals surface area (Å²) in [7, 11) is 1.57. The number of rotatable bonds is 3. The fourth-order valence-corrected chi connectivity index (χ4v) is 3.96. The van der Waals surface area contributed by atoms with Gasteiger partial charge < -0.3 is 19.9 Å². The van der Waals surface area contributed by atoms with Crippen molar-refractivity contribution < 1.29 is 9.18 Å². The molecule has 0 aliphatic carbocycles. The van der Waals surface area contributed by atoms with Crippen molar-refractivity contribution in [3.63, 3.8) is 0 Å². The summed E-state index contributed by atoms with van der Waals surface area (Å²) in [6.07, 6.45) is 3.46. The smallest absolute Gasteiger partial charge is 0.270 e. The van der Waals surface area contributed by atoms with Crippen LogP contribution in [0.25, 0.3) is 27.9 Å². The molecule has 3 aromatic heterocycles. The van der Waals surface area contributed by atoms with Gasteiger partial charge in [0.15, 0.2) is 17.3 Å².